The minimum atomic E-state index is 0.548. The number of rotatable bonds is 4. The van der Waals surface area contributed by atoms with Crippen LogP contribution in [0, 0.1) is 0 Å². The van der Waals surface area contributed by atoms with Gasteiger partial charge in [0, 0.05) is 5.75 Å². The summed E-state index contributed by atoms with van der Waals surface area (Å²) < 4.78 is 7.49. The lowest BCUT2D eigenvalue weighted by Crippen LogP contribution is -1.96. The first-order chi connectivity index (χ1) is 8.79. The van der Waals surface area contributed by atoms with E-state index in [0.29, 0.717) is 16.7 Å². The molecule has 18 heavy (non-hydrogen) atoms. The van der Waals surface area contributed by atoms with Crippen molar-refractivity contribution < 1.29 is 4.74 Å². The van der Waals surface area contributed by atoms with Gasteiger partial charge in [-0.2, -0.15) is 0 Å². The molecule has 0 saturated heterocycles. The molecule has 0 fully saturated rings. The van der Waals surface area contributed by atoms with E-state index in [4.69, 9.17) is 17.0 Å². The average Bonchev–Trinajstić information content (AvgIpc) is 2.87. The fraction of sp³-hybridized carbons (Fsp3) is 0.250. The van der Waals surface area contributed by atoms with Crippen LogP contribution in [0.5, 0.6) is 0 Å². The quantitative estimate of drug-likeness (QED) is 0.805. The fourth-order valence-corrected chi connectivity index (χ4v) is 2.26. The lowest BCUT2D eigenvalue weighted by molar-refractivity contribution is 0.346. The van der Waals surface area contributed by atoms with E-state index in [1.165, 1.54) is 11.8 Å². The molecule has 0 aliphatic rings. The molecule has 6 heteroatoms. The average molecular weight is 279 g/mol. The Morgan fingerprint density at radius 1 is 1.39 bits per heavy atom. The summed E-state index contributed by atoms with van der Waals surface area (Å²) in [6.45, 7) is 2.51. The Morgan fingerprint density at radius 2 is 2.17 bits per heavy atom. The van der Waals surface area contributed by atoms with Crippen LogP contribution in [0.2, 0.25) is 0 Å². The van der Waals surface area contributed by atoms with Crippen LogP contribution in [0.25, 0.3) is 5.69 Å². The summed E-state index contributed by atoms with van der Waals surface area (Å²) >= 11 is 6.49. The molecular formula is C12H13N3OS2. The van der Waals surface area contributed by atoms with Crippen molar-refractivity contribution in [3.63, 3.8) is 0 Å². The summed E-state index contributed by atoms with van der Waals surface area (Å²) in [5.74, 6) is 0.672. The van der Waals surface area contributed by atoms with E-state index in [2.05, 4.69) is 10.3 Å². The number of thiocarbonyl (C=S) groups is 1. The van der Waals surface area contributed by atoms with E-state index in [9.17, 15) is 0 Å². The van der Waals surface area contributed by atoms with E-state index < -0.39 is 0 Å². The molecule has 0 saturated carbocycles. The third-order valence-electron chi connectivity index (χ3n) is 2.16. The Kier molecular flexibility index (Phi) is 4.72. The number of thioether (sulfide) groups is 1. The van der Waals surface area contributed by atoms with Gasteiger partial charge in [-0.1, -0.05) is 35.2 Å². The molecule has 0 unspecified atom stereocenters. The third-order valence-corrected chi connectivity index (χ3v) is 3.43. The van der Waals surface area contributed by atoms with Gasteiger partial charge in [-0.05, 0) is 31.3 Å². The molecule has 1 aromatic carbocycles. The summed E-state index contributed by atoms with van der Waals surface area (Å²) in [4.78, 5) is 0. The predicted molar refractivity (Wildman–Crippen MR) is 76.9 cm³/mol. The zero-order valence-corrected chi connectivity index (χ0v) is 11.6. The van der Waals surface area contributed by atoms with Crippen LogP contribution in [0.1, 0.15) is 12.6 Å². The number of para-hydroxylation sites is 1. The maximum absolute atomic E-state index is 5.19. The first kappa shape index (κ1) is 13.0. The minimum Gasteiger partial charge on any atom is -0.479 e. The number of aromatic nitrogens is 3. The van der Waals surface area contributed by atoms with Crippen molar-refractivity contribution in [3.05, 3.63) is 42.2 Å². The Morgan fingerprint density at radius 3 is 2.89 bits per heavy atom. The maximum atomic E-state index is 5.19. The van der Waals surface area contributed by atoms with Crippen LogP contribution < -0.4 is 0 Å². The number of hydrogen-bond donors (Lipinski definition) is 0. The van der Waals surface area contributed by atoms with E-state index in [1.807, 2.05) is 43.5 Å². The first-order valence-corrected chi connectivity index (χ1v) is 6.95. The van der Waals surface area contributed by atoms with Crippen LogP contribution in [0.3, 0.4) is 0 Å². The standard InChI is InChI=1S/C12H13N3OS2/c1-2-16-12(17)18-9-10-8-15(14-13-10)11-6-4-3-5-7-11/h3-8H,2,9H2,1H3. The van der Waals surface area contributed by atoms with Crippen molar-refractivity contribution in [1.82, 2.24) is 15.0 Å². The Bertz CT molecular complexity index is 513. The molecule has 2 rings (SSSR count). The Labute approximate surface area is 115 Å². The summed E-state index contributed by atoms with van der Waals surface area (Å²) in [6.07, 6.45) is 1.90. The largest absolute Gasteiger partial charge is 0.479 e. The number of ether oxygens (including phenoxy) is 1. The van der Waals surface area contributed by atoms with Gasteiger partial charge in [0.15, 0.2) is 0 Å². The van der Waals surface area contributed by atoms with E-state index >= 15 is 0 Å². The highest BCUT2D eigenvalue weighted by Crippen LogP contribution is 2.14. The molecule has 0 N–H and O–H groups in total. The molecule has 4 nitrogen and oxygen atoms in total. The van der Waals surface area contributed by atoms with E-state index in [-0.39, 0.29) is 0 Å². The molecule has 94 valence electrons. The zero-order chi connectivity index (χ0) is 12.8. The van der Waals surface area contributed by atoms with E-state index in [1.54, 1.807) is 4.68 Å². The van der Waals surface area contributed by atoms with Crippen LogP contribution in [0.15, 0.2) is 36.5 Å². The molecule has 0 atom stereocenters. The SMILES string of the molecule is CCOC(=S)SCc1cn(-c2ccccc2)nn1. The van der Waals surface area contributed by atoms with E-state index in [0.717, 1.165) is 11.4 Å². The van der Waals surface area contributed by atoms with Gasteiger partial charge in [0.2, 0.25) is 4.38 Å². The van der Waals surface area contributed by atoms with Gasteiger partial charge in [-0.25, -0.2) is 4.68 Å². The highest BCUT2D eigenvalue weighted by atomic mass is 32.2. The second-order valence-corrected chi connectivity index (χ2v) is 5.04. The predicted octanol–water partition coefficient (Wildman–Crippen LogP) is 2.82. The third kappa shape index (κ3) is 3.54. The molecule has 0 aliphatic heterocycles. The maximum Gasteiger partial charge on any atom is 0.220 e. The van der Waals surface area contributed by atoms with Crippen molar-refractivity contribution in [2.75, 3.05) is 6.61 Å². The smallest absolute Gasteiger partial charge is 0.220 e. The second-order valence-electron chi connectivity index (χ2n) is 3.46. The highest BCUT2D eigenvalue weighted by Gasteiger charge is 2.05. The van der Waals surface area contributed by atoms with Crippen LogP contribution in [-0.2, 0) is 10.5 Å². The topological polar surface area (TPSA) is 39.9 Å². The van der Waals surface area contributed by atoms with Crippen molar-refractivity contribution in [1.29, 1.82) is 0 Å². The molecular weight excluding hydrogens is 266 g/mol. The van der Waals surface area contributed by atoms with Crippen molar-refractivity contribution in [3.8, 4) is 5.69 Å². The molecule has 0 bridgehead atoms. The zero-order valence-electron chi connectivity index (χ0n) is 9.94. The van der Waals surface area contributed by atoms with Gasteiger partial charge in [-0.15, -0.1) is 5.10 Å². The number of nitrogens with zero attached hydrogens (tertiary/aromatic N) is 3. The normalized spacial score (nSPS) is 10.3. The molecule has 0 radical (unpaired) electrons. The molecule has 2 aromatic rings. The van der Waals surface area contributed by atoms with Crippen LogP contribution in [-0.4, -0.2) is 26.0 Å². The van der Waals surface area contributed by atoms with Crippen LogP contribution >= 0.6 is 24.0 Å². The molecule has 1 aromatic heterocycles. The Hall–Kier alpha value is -1.40. The summed E-state index contributed by atoms with van der Waals surface area (Å²) in [7, 11) is 0. The first-order valence-electron chi connectivity index (χ1n) is 5.56. The number of benzene rings is 1. The number of hydrogen-bond acceptors (Lipinski definition) is 5. The molecule has 0 aliphatic carbocycles. The summed E-state index contributed by atoms with van der Waals surface area (Å²) in [6, 6.07) is 9.87. The monoisotopic (exact) mass is 279 g/mol. The lowest BCUT2D eigenvalue weighted by Gasteiger charge is -2.01. The van der Waals surface area contributed by atoms with Gasteiger partial charge in [0.05, 0.1) is 24.2 Å². The highest BCUT2D eigenvalue weighted by molar-refractivity contribution is 8.22. The fourth-order valence-electron chi connectivity index (χ4n) is 1.36. The van der Waals surface area contributed by atoms with Gasteiger partial charge in [-0.3, -0.25) is 0 Å². The van der Waals surface area contributed by atoms with Crippen molar-refractivity contribution >= 4 is 28.4 Å². The second kappa shape index (κ2) is 6.51. The molecule has 1 heterocycles. The lowest BCUT2D eigenvalue weighted by atomic mass is 10.3. The Balaban J connectivity index is 1.97. The van der Waals surface area contributed by atoms with Gasteiger partial charge < -0.3 is 4.74 Å². The minimum absolute atomic E-state index is 0.548. The molecule has 0 spiro atoms. The molecule has 0 amide bonds. The van der Waals surface area contributed by atoms with Gasteiger partial charge >= 0.3 is 0 Å². The van der Waals surface area contributed by atoms with Crippen molar-refractivity contribution in [2.24, 2.45) is 0 Å². The van der Waals surface area contributed by atoms with Gasteiger partial charge in [0.25, 0.3) is 0 Å². The van der Waals surface area contributed by atoms with Crippen LogP contribution in [0.4, 0.5) is 0 Å². The van der Waals surface area contributed by atoms with Gasteiger partial charge in [0.1, 0.15) is 0 Å². The summed E-state index contributed by atoms with van der Waals surface area (Å²) in [5, 5.41) is 8.18. The summed E-state index contributed by atoms with van der Waals surface area (Å²) in [5.41, 5.74) is 1.87. The van der Waals surface area contributed by atoms with Crippen molar-refractivity contribution in [2.45, 2.75) is 12.7 Å².